The van der Waals surface area contributed by atoms with E-state index in [-0.39, 0.29) is 107 Å². The lowest BCUT2D eigenvalue weighted by Crippen LogP contribution is -2.62. The first kappa shape index (κ1) is 90.7. The molecule has 38 nitrogen and oxygen atoms in total. The number of aliphatic hydroxyl groups excluding tert-OH is 1. The number of aliphatic imine (C=N–C) groups is 3. The molecule has 2 aromatic rings. The van der Waals surface area contributed by atoms with Crippen molar-refractivity contribution in [3.8, 4) is 0 Å². The van der Waals surface area contributed by atoms with E-state index >= 15 is 0 Å². The van der Waals surface area contributed by atoms with Gasteiger partial charge in [-0.05, 0) is 61.5 Å². The van der Waals surface area contributed by atoms with Crippen molar-refractivity contribution in [1.82, 2.24) is 63.8 Å². The van der Waals surface area contributed by atoms with Gasteiger partial charge in [-0.1, -0.05) is 101 Å². The minimum Gasteiger partial charge on any atom is -0.481 e. The van der Waals surface area contributed by atoms with Gasteiger partial charge in [-0.2, -0.15) is 25.3 Å². The minimum absolute atomic E-state index is 0.000221. The second-order valence-electron chi connectivity index (χ2n) is 24.5. The summed E-state index contributed by atoms with van der Waals surface area (Å²) >= 11 is 8.43. The standard InChI is InChI=1S/C65H104N22O16S2/c1-5-35(3)51(86-55(96)41(21-14-24-74-64(69)70)79-49(91)30-76-48(90)29-77-54(95)43(26-37-16-9-7-10-17-37)81-59(100)46(33-104)84-53(94)40(66)32-89)61(102)83-45(28-50(92)93)58(99)80-42(22-15-25-75-65(71)72)56(97)87-52(36(4)6-2)62(103)85-47(34-105)60(101)82-44(27-38-18-11-8-12-19-38)57(98)78-39(31-88)20-13-23-73-63(67)68/h7-12,16-19,31,35-36,39-47,51-52,89,104-105H,5-6,13-15,20-30,32-34,66H2,1-4H3,(H,76,90)(H,77,95)(H,78,98)(H,79,91)(H,80,99)(H,81,100)(H,82,101)(H,83,102)(H,84,94)(H,85,103)(H,86,96)(H,87,97)(H,92,93)(H4,67,68,73)(H4,69,70,74)(H4,71,72,75)/t35-,36-,39-,40-,41-,42-,43-,44-,45-,46-,47-,51-,52-/m0/s1. The maximum absolute atomic E-state index is 14.5. The van der Waals surface area contributed by atoms with Crippen LogP contribution in [0.2, 0.25) is 0 Å². The Kier molecular flexibility index (Phi) is 42.6. The molecular formula is C65H104N22O16S2. The molecule has 582 valence electrons. The Hall–Kier alpha value is -10.4. The molecule has 40 heteroatoms. The molecule has 0 unspecified atom stereocenters. The number of carboxylic acids is 1. The van der Waals surface area contributed by atoms with Crippen molar-refractivity contribution in [2.75, 3.05) is 50.8 Å². The van der Waals surface area contributed by atoms with Crippen LogP contribution in [0.4, 0.5) is 0 Å². The molecule has 12 amide bonds. The van der Waals surface area contributed by atoms with E-state index in [2.05, 4.69) is 104 Å². The third-order valence-electron chi connectivity index (χ3n) is 16.1. The molecule has 0 bridgehead atoms. The van der Waals surface area contributed by atoms with E-state index in [1.54, 1.807) is 88.4 Å². The van der Waals surface area contributed by atoms with Crippen LogP contribution in [0.15, 0.2) is 75.6 Å². The lowest BCUT2D eigenvalue weighted by atomic mass is 9.96. The summed E-state index contributed by atoms with van der Waals surface area (Å²) in [5, 5.41) is 49.3. The summed E-state index contributed by atoms with van der Waals surface area (Å²) in [7, 11) is 0. The largest absolute Gasteiger partial charge is 0.481 e. The van der Waals surface area contributed by atoms with Gasteiger partial charge in [0, 0.05) is 44.0 Å². The van der Waals surface area contributed by atoms with Crippen molar-refractivity contribution >= 4 is 126 Å². The van der Waals surface area contributed by atoms with Crippen molar-refractivity contribution in [3.05, 3.63) is 71.8 Å². The van der Waals surface area contributed by atoms with E-state index < -0.39 is 181 Å². The van der Waals surface area contributed by atoms with Crippen LogP contribution in [0.25, 0.3) is 0 Å². The van der Waals surface area contributed by atoms with Crippen molar-refractivity contribution in [3.63, 3.8) is 0 Å². The van der Waals surface area contributed by atoms with E-state index in [1.807, 2.05) is 0 Å². The monoisotopic (exact) mass is 1510 g/mol. The first-order valence-electron chi connectivity index (χ1n) is 33.9. The van der Waals surface area contributed by atoms with E-state index in [4.69, 9.17) is 40.1 Å². The fourth-order valence-corrected chi connectivity index (χ4v) is 10.3. The number of aliphatic carboxylic acids is 1. The van der Waals surface area contributed by atoms with E-state index in [0.717, 1.165) is 0 Å². The molecule has 0 saturated carbocycles. The Morgan fingerprint density at radius 3 is 1.22 bits per heavy atom. The van der Waals surface area contributed by atoms with Crippen molar-refractivity contribution in [2.45, 2.75) is 165 Å². The summed E-state index contributed by atoms with van der Waals surface area (Å²) in [6, 6.07) is 1.34. The molecule has 0 spiro atoms. The normalized spacial score (nSPS) is 14.6. The number of nitrogens with zero attached hydrogens (tertiary/aromatic N) is 3. The summed E-state index contributed by atoms with van der Waals surface area (Å²) in [5.74, 6) is -15.5. The van der Waals surface area contributed by atoms with Crippen LogP contribution in [-0.4, -0.2) is 229 Å². The van der Waals surface area contributed by atoms with Crippen molar-refractivity contribution < 1.29 is 77.3 Å². The average molecular weight is 1510 g/mol. The molecular weight excluding hydrogens is 1410 g/mol. The Morgan fingerprint density at radius 2 is 0.810 bits per heavy atom. The molecule has 2 rings (SSSR count). The summed E-state index contributed by atoms with van der Waals surface area (Å²) in [4.78, 5) is 202. The average Bonchev–Trinajstić information content (AvgIpc) is 0.850. The van der Waals surface area contributed by atoms with Gasteiger partial charge in [-0.25, -0.2) is 0 Å². The van der Waals surface area contributed by atoms with Crippen molar-refractivity contribution in [1.29, 1.82) is 0 Å². The van der Waals surface area contributed by atoms with Crippen LogP contribution in [-0.2, 0) is 80.0 Å². The van der Waals surface area contributed by atoms with Crippen LogP contribution < -0.4 is 104 Å². The van der Waals surface area contributed by atoms with E-state index in [9.17, 15) is 77.3 Å². The number of aliphatic hydroxyl groups is 1. The number of aldehydes is 1. The zero-order valence-corrected chi connectivity index (χ0v) is 61.0. The molecule has 0 aliphatic rings. The molecule has 105 heavy (non-hydrogen) atoms. The number of nitrogens with one attached hydrogen (secondary N) is 12. The van der Waals surface area contributed by atoms with Gasteiger partial charge in [0.15, 0.2) is 17.9 Å². The van der Waals surface area contributed by atoms with Gasteiger partial charge in [-0.15, -0.1) is 0 Å². The predicted octanol–water partition coefficient (Wildman–Crippen LogP) is -7.34. The summed E-state index contributed by atoms with van der Waals surface area (Å²) in [5.41, 5.74) is 39.7. The fraction of sp³-hybridized carbons (Fsp3) is 0.554. The number of benzene rings is 2. The zero-order chi connectivity index (χ0) is 78.7. The Balaban J connectivity index is 2.40. The molecule has 0 fully saturated rings. The Morgan fingerprint density at radius 1 is 0.448 bits per heavy atom. The fourth-order valence-electron chi connectivity index (χ4n) is 9.80. The highest BCUT2D eigenvalue weighted by molar-refractivity contribution is 7.80. The number of hydrogen-bond donors (Lipinski definition) is 23. The summed E-state index contributed by atoms with van der Waals surface area (Å²) in [6.45, 7) is 4.34. The Bertz CT molecular complexity index is 3290. The first-order valence-corrected chi connectivity index (χ1v) is 35.1. The molecule has 2 aromatic carbocycles. The maximum Gasteiger partial charge on any atom is 0.305 e. The van der Waals surface area contributed by atoms with Gasteiger partial charge in [0.1, 0.15) is 66.7 Å². The molecule has 0 aliphatic heterocycles. The van der Waals surface area contributed by atoms with Crippen LogP contribution in [0, 0.1) is 11.8 Å². The minimum atomic E-state index is -1.96. The van der Waals surface area contributed by atoms with Gasteiger partial charge in [0.25, 0.3) is 0 Å². The number of hydrogen-bond acceptors (Lipinski definition) is 21. The van der Waals surface area contributed by atoms with E-state index in [1.165, 1.54) is 0 Å². The molecule has 0 radical (unpaired) electrons. The highest BCUT2D eigenvalue weighted by atomic mass is 32.1. The molecule has 0 heterocycles. The molecule has 0 aromatic heterocycles. The maximum atomic E-state index is 14.5. The second-order valence-corrected chi connectivity index (χ2v) is 25.2. The Labute approximate surface area is 619 Å². The predicted molar refractivity (Wildman–Crippen MR) is 395 cm³/mol. The van der Waals surface area contributed by atoms with Gasteiger partial charge in [-0.3, -0.25) is 77.3 Å². The van der Waals surface area contributed by atoms with E-state index in [0.29, 0.717) is 23.8 Å². The number of thiol groups is 2. The number of carbonyl (C=O) groups is 14. The van der Waals surface area contributed by atoms with Crippen LogP contribution in [0.1, 0.15) is 96.6 Å². The number of carbonyl (C=O) groups excluding carboxylic acids is 13. The molecule has 28 N–H and O–H groups in total. The highest BCUT2D eigenvalue weighted by Crippen LogP contribution is 2.15. The third-order valence-corrected chi connectivity index (χ3v) is 16.8. The quantitative estimate of drug-likeness (QED) is 0.00962. The first-order chi connectivity index (χ1) is 49.8. The van der Waals surface area contributed by atoms with Crippen LogP contribution in [0.3, 0.4) is 0 Å². The van der Waals surface area contributed by atoms with Gasteiger partial charge in [0.2, 0.25) is 70.9 Å². The number of carboxylic acid groups (broad SMARTS) is 1. The molecule has 0 aliphatic carbocycles. The summed E-state index contributed by atoms with van der Waals surface area (Å²) < 4.78 is 0. The van der Waals surface area contributed by atoms with Crippen molar-refractivity contribution in [2.24, 2.45) is 66.9 Å². The summed E-state index contributed by atoms with van der Waals surface area (Å²) in [6.07, 6.45) is -0.144. The van der Waals surface area contributed by atoms with Crippen LogP contribution in [0.5, 0.6) is 0 Å². The molecule has 13 atom stereocenters. The number of guanidine groups is 3. The smallest absolute Gasteiger partial charge is 0.305 e. The number of amides is 12. The third kappa shape index (κ3) is 35.6. The van der Waals surface area contributed by atoms with Gasteiger partial charge >= 0.3 is 5.97 Å². The second kappa shape index (κ2) is 49.3. The van der Waals surface area contributed by atoms with Gasteiger partial charge in [0.05, 0.1) is 32.2 Å². The lowest BCUT2D eigenvalue weighted by molar-refractivity contribution is -0.142. The number of rotatable bonds is 50. The topological polar surface area (TPSA) is 643 Å². The zero-order valence-electron chi connectivity index (χ0n) is 59.2. The lowest BCUT2D eigenvalue weighted by Gasteiger charge is -2.30. The van der Waals surface area contributed by atoms with Crippen LogP contribution >= 0.6 is 25.3 Å². The van der Waals surface area contributed by atoms with Gasteiger partial charge < -0.3 is 119 Å². The molecule has 0 saturated heterocycles. The number of nitrogens with two attached hydrogens (primary N) is 7. The highest BCUT2D eigenvalue weighted by Gasteiger charge is 2.38. The SMILES string of the molecule is CC[C@H](C)[C@H](NC(=O)[C@H](CCCN=C(N)N)NC(=O)CNC(=O)CNC(=O)[C@H](Cc1ccccc1)NC(=O)[C@H](CS)NC(=O)[C@@H](N)CO)C(=O)N[C@@H](CC(=O)O)C(=O)N[C@@H](CCCN=C(N)N)C(=O)N[C@H](C(=O)N[C@@H](CS)C(=O)N[C@@H](Cc1ccccc1)C(=O)N[C@H](C=O)CCCN=C(N)N)[C@@H](C)CC.